The van der Waals surface area contributed by atoms with E-state index in [4.69, 9.17) is 4.74 Å². The second kappa shape index (κ2) is 10.0. The maximum absolute atomic E-state index is 13.8. The second-order valence-electron chi connectivity index (χ2n) is 9.23. The molecule has 0 radical (unpaired) electrons. The molecule has 1 amide bonds. The fourth-order valence-corrected chi connectivity index (χ4v) is 5.78. The molecule has 3 rings (SSSR count). The molecule has 2 fully saturated rings. The number of ether oxygens (including phenoxy) is 1. The maximum Gasteiger partial charge on any atom is 0.354 e. The number of aromatic nitrogens is 1. The Morgan fingerprint density at radius 3 is 2.16 bits per heavy atom. The SMILES string of the molecule is CCn1c(C)c(C(=O)C(C)N(C(=O)C2CCCC2)C2CCCCC2)c(C)c1C(=O)OC. The fourth-order valence-electron chi connectivity index (χ4n) is 5.78. The van der Waals surface area contributed by atoms with Crippen LogP contribution >= 0.6 is 0 Å². The quantitative estimate of drug-likeness (QED) is 0.459. The molecular weight excluding hydrogens is 392 g/mol. The van der Waals surface area contributed by atoms with Gasteiger partial charge in [0.1, 0.15) is 5.69 Å². The highest BCUT2D eigenvalue weighted by atomic mass is 16.5. The van der Waals surface area contributed by atoms with E-state index in [1.54, 1.807) is 0 Å². The molecule has 0 saturated heterocycles. The lowest BCUT2D eigenvalue weighted by Gasteiger charge is -2.39. The highest BCUT2D eigenvalue weighted by Gasteiger charge is 2.39. The molecule has 0 aliphatic heterocycles. The van der Waals surface area contributed by atoms with Gasteiger partial charge in [-0.15, -0.1) is 0 Å². The first-order chi connectivity index (χ1) is 14.8. The molecule has 1 aromatic heterocycles. The van der Waals surface area contributed by atoms with Gasteiger partial charge in [0.05, 0.1) is 13.2 Å². The van der Waals surface area contributed by atoms with Gasteiger partial charge in [0.15, 0.2) is 5.78 Å². The van der Waals surface area contributed by atoms with Gasteiger partial charge >= 0.3 is 5.97 Å². The molecule has 0 N–H and O–H groups in total. The summed E-state index contributed by atoms with van der Waals surface area (Å²) in [5.41, 5.74) is 2.42. The topological polar surface area (TPSA) is 68.6 Å². The molecule has 2 aliphatic rings. The standard InChI is InChI=1S/C25H38N2O4/c1-6-26-17(3)21(16(2)22(26)25(30)31-5)23(28)18(4)27(20-14-8-7-9-15-20)24(29)19-12-10-11-13-19/h18-20H,6-15H2,1-5H3. The lowest BCUT2D eigenvalue weighted by Crippen LogP contribution is -2.52. The normalized spacial score (nSPS) is 18.7. The van der Waals surface area contributed by atoms with Crippen LogP contribution in [-0.2, 0) is 16.1 Å². The number of hydrogen-bond donors (Lipinski definition) is 0. The molecule has 1 heterocycles. The number of esters is 1. The number of carbonyl (C=O) groups is 3. The van der Waals surface area contributed by atoms with Gasteiger partial charge in [0.2, 0.25) is 5.91 Å². The van der Waals surface area contributed by atoms with E-state index in [0.29, 0.717) is 23.4 Å². The van der Waals surface area contributed by atoms with E-state index in [1.165, 1.54) is 13.5 Å². The number of nitrogens with zero attached hydrogens (tertiary/aromatic N) is 2. The minimum atomic E-state index is -0.535. The number of ketones is 1. The largest absolute Gasteiger partial charge is 0.464 e. The zero-order valence-electron chi connectivity index (χ0n) is 19.8. The van der Waals surface area contributed by atoms with Crippen molar-refractivity contribution >= 4 is 17.7 Å². The van der Waals surface area contributed by atoms with Crippen LogP contribution in [0.2, 0.25) is 0 Å². The van der Waals surface area contributed by atoms with Gasteiger partial charge in [-0.2, -0.15) is 0 Å². The van der Waals surface area contributed by atoms with E-state index >= 15 is 0 Å². The van der Waals surface area contributed by atoms with E-state index in [0.717, 1.165) is 57.1 Å². The first-order valence-electron chi connectivity index (χ1n) is 12.0. The van der Waals surface area contributed by atoms with Crippen LogP contribution in [-0.4, -0.2) is 46.3 Å². The second-order valence-corrected chi connectivity index (χ2v) is 9.23. The summed E-state index contributed by atoms with van der Waals surface area (Å²) in [5.74, 6) is -0.293. The molecule has 0 spiro atoms. The van der Waals surface area contributed by atoms with E-state index in [1.807, 2.05) is 37.2 Å². The molecular formula is C25H38N2O4. The Morgan fingerprint density at radius 1 is 1.03 bits per heavy atom. The third kappa shape index (κ3) is 4.44. The van der Waals surface area contributed by atoms with Crippen molar-refractivity contribution in [3.8, 4) is 0 Å². The molecule has 1 unspecified atom stereocenters. The Balaban J connectivity index is 1.98. The number of amides is 1. The minimum Gasteiger partial charge on any atom is -0.464 e. The van der Waals surface area contributed by atoms with Gasteiger partial charge in [-0.1, -0.05) is 32.1 Å². The van der Waals surface area contributed by atoms with Gasteiger partial charge in [-0.05, 0) is 58.9 Å². The summed E-state index contributed by atoms with van der Waals surface area (Å²) in [5, 5.41) is 0. The van der Waals surface area contributed by atoms with Crippen molar-refractivity contribution in [2.24, 2.45) is 5.92 Å². The van der Waals surface area contributed by atoms with Crippen molar-refractivity contribution in [3.05, 3.63) is 22.5 Å². The van der Waals surface area contributed by atoms with Crippen molar-refractivity contribution in [2.75, 3.05) is 7.11 Å². The smallest absolute Gasteiger partial charge is 0.354 e. The minimum absolute atomic E-state index is 0.0465. The molecule has 1 atom stereocenters. The van der Waals surface area contributed by atoms with Crippen molar-refractivity contribution in [2.45, 2.75) is 104 Å². The van der Waals surface area contributed by atoms with E-state index in [-0.39, 0.29) is 23.7 Å². The number of methoxy groups -OCH3 is 1. The molecule has 1 aromatic rings. The van der Waals surface area contributed by atoms with Crippen molar-refractivity contribution in [1.29, 1.82) is 0 Å². The Bertz CT molecular complexity index is 829. The molecule has 31 heavy (non-hydrogen) atoms. The highest BCUT2D eigenvalue weighted by molar-refractivity contribution is 6.06. The Hall–Kier alpha value is -2.11. The average Bonchev–Trinajstić information content (AvgIpc) is 3.40. The van der Waals surface area contributed by atoms with Gasteiger partial charge < -0.3 is 14.2 Å². The number of hydrogen-bond acceptors (Lipinski definition) is 4. The van der Waals surface area contributed by atoms with Gasteiger partial charge in [0, 0.05) is 29.8 Å². The molecule has 6 nitrogen and oxygen atoms in total. The molecule has 2 aliphatic carbocycles. The van der Waals surface area contributed by atoms with E-state index in [2.05, 4.69) is 0 Å². The highest BCUT2D eigenvalue weighted by Crippen LogP contribution is 2.33. The molecule has 6 heteroatoms. The van der Waals surface area contributed by atoms with Crippen LogP contribution in [0.5, 0.6) is 0 Å². The predicted octanol–water partition coefficient (Wildman–Crippen LogP) is 4.83. The van der Waals surface area contributed by atoms with Crippen molar-refractivity contribution in [3.63, 3.8) is 0 Å². The Morgan fingerprint density at radius 2 is 1.61 bits per heavy atom. The number of Topliss-reactive ketones (excluding diaryl/α,β-unsaturated/α-hetero) is 1. The summed E-state index contributed by atoms with van der Waals surface area (Å²) in [6.07, 6.45) is 9.40. The number of carbonyl (C=O) groups excluding carboxylic acids is 3. The fraction of sp³-hybridized carbons (Fsp3) is 0.720. The summed E-state index contributed by atoms with van der Waals surface area (Å²) in [7, 11) is 1.36. The van der Waals surface area contributed by atoms with Gasteiger partial charge in [0.25, 0.3) is 0 Å². The van der Waals surface area contributed by atoms with Crippen LogP contribution in [0.3, 0.4) is 0 Å². The third-order valence-electron chi connectivity index (χ3n) is 7.43. The summed E-state index contributed by atoms with van der Waals surface area (Å²) in [6.45, 7) is 8.10. The van der Waals surface area contributed by atoms with Crippen LogP contribution in [0.1, 0.15) is 104 Å². The van der Waals surface area contributed by atoms with Crippen LogP contribution in [0, 0.1) is 19.8 Å². The summed E-state index contributed by atoms with van der Waals surface area (Å²) >= 11 is 0. The van der Waals surface area contributed by atoms with Gasteiger partial charge in [-0.3, -0.25) is 9.59 Å². The lowest BCUT2D eigenvalue weighted by atomic mass is 9.90. The molecule has 0 bridgehead atoms. The molecule has 172 valence electrons. The van der Waals surface area contributed by atoms with Crippen molar-refractivity contribution < 1.29 is 19.1 Å². The van der Waals surface area contributed by atoms with Gasteiger partial charge in [-0.25, -0.2) is 4.79 Å². The lowest BCUT2D eigenvalue weighted by molar-refractivity contribution is -0.140. The zero-order chi connectivity index (χ0) is 22.7. The van der Waals surface area contributed by atoms with Crippen LogP contribution in [0.25, 0.3) is 0 Å². The zero-order valence-corrected chi connectivity index (χ0v) is 19.8. The Labute approximate surface area is 186 Å². The average molecular weight is 431 g/mol. The maximum atomic E-state index is 13.8. The van der Waals surface area contributed by atoms with Crippen LogP contribution in [0.15, 0.2) is 0 Å². The van der Waals surface area contributed by atoms with Crippen LogP contribution < -0.4 is 0 Å². The first-order valence-corrected chi connectivity index (χ1v) is 12.0. The summed E-state index contributed by atoms with van der Waals surface area (Å²) < 4.78 is 6.83. The Kier molecular flexibility index (Phi) is 7.60. The predicted molar refractivity (Wildman–Crippen MR) is 120 cm³/mol. The van der Waals surface area contributed by atoms with E-state index in [9.17, 15) is 14.4 Å². The molecule has 0 aromatic carbocycles. The van der Waals surface area contributed by atoms with E-state index < -0.39 is 12.0 Å². The summed E-state index contributed by atoms with van der Waals surface area (Å²) in [4.78, 5) is 41.7. The summed E-state index contributed by atoms with van der Waals surface area (Å²) in [6, 6.07) is -0.401. The third-order valence-corrected chi connectivity index (χ3v) is 7.43. The van der Waals surface area contributed by atoms with Crippen LogP contribution in [0.4, 0.5) is 0 Å². The molecule has 2 saturated carbocycles. The first kappa shape index (κ1) is 23.6. The number of rotatable bonds is 7. The monoisotopic (exact) mass is 430 g/mol. The van der Waals surface area contributed by atoms with Crippen molar-refractivity contribution in [1.82, 2.24) is 9.47 Å².